The van der Waals surface area contributed by atoms with Crippen molar-refractivity contribution in [2.24, 2.45) is 5.92 Å². The van der Waals surface area contributed by atoms with E-state index in [1.807, 2.05) is 12.1 Å². The summed E-state index contributed by atoms with van der Waals surface area (Å²) in [4.78, 5) is 0. The van der Waals surface area contributed by atoms with Gasteiger partial charge in [-0.05, 0) is 37.0 Å². The SMILES string of the molecule is COc1ccc(C#N)cc1CNC1CC(C)C1. The lowest BCUT2D eigenvalue weighted by atomic mass is 9.82. The molecule has 0 atom stereocenters. The number of benzene rings is 1. The van der Waals surface area contributed by atoms with Crippen molar-refractivity contribution in [3.63, 3.8) is 0 Å². The van der Waals surface area contributed by atoms with Crippen molar-refractivity contribution in [1.82, 2.24) is 5.32 Å². The number of nitrogens with one attached hydrogen (secondary N) is 1. The molecule has 0 spiro atoms. The highest BCUT2D eigenvalue weighted by atomic mass is 16.5. The molecular weight excluding hydrogens is 212 g/mol. The highest BCUT2D eigenvalue weighted by Gasteiger charge is 2.24. The van der Waals surface area contributed by atoms with Gasteiger partial charge in [-0.15, -0.1) is 0 Å². The summed E-state index contributed by atoms with van der Waals surface area (Å²) < 4.78 is 5.30. The molecule has 0 unspecified atom stereocenters. The van der Waals surface area contributed by atoms with Gasteiger partial charge in [0.2, 0.25) is 0 Å². The minimum atomic E-state index is 0.625. The lowest BCUT2D eigenvalue weighted by Crippen LogP contribution is -2.39. The monoisotopic (exact) mass is 230 g/mol. The third kappa shape index (κ3) is 2.78. The van der Waals surface area contributed by atoms with Crippen molar-refractivity contribution >= 4 is 0 Å². The number of rotatable bonds is 4. The van der Waals surface area contributed by atoms with Gasteiger partial charge in [-0.1, -0.05) is 6.92 Å². The first-order valence-corrected chi connectivity index (χ1v) is 6.03. The average molecular weight is 230 g/mol. The predicted molar refractivity (Wildman–Crippen MR) is 66.7 cm³/mol. The van der Waals surface area contributed by atoms with Gasteiger partial charge < -0.3 is 10.1 Å². The van der Waals surface area contributed by atoms with E-state index in [1.165, 1.54) is 12.8 Å². The van der Waals surface area contributed by atoms with E-state index in [9.17, 15) is 0 Å². The van der Waals surface area contributed by atoms with Gasteiger partial charge in [0.15, 0.2) is 0 Å². The average Bonchev–Trinajstić information content (AvgIpc) is 2.32. The lowest BCUT2D eigenvalue weighted by Gasteiger charge is -2.33. The van der Waals surface area contributed by atoms with Crippen molar-refractivity contribution in [3.05, 3.63) is 29.3 Å². The predicted octanol–water partition coefficient (Wildman–Crippen LogP) is 2.45. The van der Waals surface area contributed by atoms with Crippen molar-refractivity contribution in [2.45, 2.75) is 32.4 Å². The van der Waals surface area contributed by atoms with Gasteiger partial charge in [0.05, 0.1) is 18.7 Å². The fourth-order valence-corrected chi connectivity index (χ4v) is 2.31. The zero-order valence-electron chi connectivity index (χ0n) is 10.4. The molecule has 0 heterocycles. The van der Waals surface area contributed by atoms with Crippen LogP contribution < -0.4 is 10.1 Å². The molecule has 1 saturated carbocycles. The summed E-state index contributed by atoms with van der Waals surface area (Å²) in [6.07, 6.45) is 2.50. The van der Waals surface area contributed by atoms with Gasteiger partial charge >= 0.3 is 0 Å². The van der Waals surface area contributed by atoms with E-state index in [2.05, 4.69) is 18.3 Å². The number of hydrogen-bond acceptors (Lipinski definition) is 3. The van der Waals surface area contributed by atoms with Crippen LogP contribution in [0, 0.1) is 17.2 Å². The third-order valence-electron chi connectivity index (χ3n) is 3.36. The topological polar surface area (TPSA) is 45.0 Å². The van der Waals surface area contributed by atoms with Crippen molar-refractivity contribution in [1.29, 1.82) is 5.26 Å². The van der Waals surface area contributed by atoms with Crippen LogP contribution in [0.25, 0.3) is 0 Å². The molecule has 2 rings (SSSR count). The molecule has 1 fully saturated rings. The molecular formula is C14H18N2O. The first-order valence-electron chi connectivity index (χ1n) is 6.03. The standard InChI is InChI=1S/C14H18N2O/c1-10-5-13(6-10)16-9-12-7-11(8-15)3-4-14(12)17-2/h3-4,7,10,13,16H,5-6,9H2,1-2H3. The van der Waals surface area contributed by atoms with Crippen molar-refractivity contribution in [3.8, 4) is 11.8 Å². The Bertz CT molecular complexity index is 430. The van der Waals surface area contributed by atoms with Crippen molar-refractivity contribution in [2.75, 3.05) is 7.11 Å². The second kappa shape index (κ2) is 5.20. The van der Waals surface area contributed by atoms with Gasteiger partial charge in [0, 0.05) is 18.2 Å². The zero-order valence-corrected chi connectivity index (χ0v) is 10.4. The summed E-state index contributed by atoms with van der Waals surface area (Å²) in [5, 5.41) is 12.4. The first kappa shape index (κ1) is 11.9. The van der Waals surface area contributed by atoms with Gasteiger partial charge in [-0.25, -0.2) is 0 Å². The van der Waals surface area contributed by atoms with Crippen LogP contribution in [-0.2, 0) is 6.54 Å². The van der Waals surface area contributed by atoms with Crippen LogP contribution in [0.15, 0.2) is 18.2 Å². The van der Waals surface area contributed by atoms with Crippen LogP contribution in [0.5, 0.6) is 5.75 Å². The fourth-order valence-electron chi connectivity index (χ4n) is 2.31. The number of nitrogens with zero attached hydrogens (tertiary/aromatic N) is 1. The largest absolute Gasteiger partial charge is 0.496 e. The molecule has 1 aromatic rings. The van der Waals surface area contributed by atoms with Crippen LogP contribution in [0.2, 0.25) is 0 Å². The summed E-state index contributed by atoms with van der Waals surface area (Å²) in [5.74, 6) is 1.70. The minimum absolute atomic E-state index is 0.625. The molecule has 90 valence electrons. The molecule has 1 N–H and O–H groups in total. The van der Waals surface area contributed by atoms with E-state index in [1.54, 1.807) is 13.2 Å². The Morgan fingerprint density at radius 3 is 2.82 bits per heavy atom. The van der Waals surface area contributed by atoms with Gasteiger partial charge in [0.1, 0.15) is 5.75 Å². The molecule has 1 aliphatic carbocycles. The van der Waals surface area contributed by atoms with Crippen molar-refractivity contribution < 1.29 is 4.74 Å². The fraction of sp³-hybridized carbons (Fsp3) is 0.500. The molecule has 0 aromatic heterocycles. The molecule has 0 amide bonds. The molecule has 3 heteroatoms. The number of methoxy groups -OCH3 is 1. The van der Waals surface area contributed by atoms with Gasteiger partial charge in [0.25, 0.3) is 0 Å². The Morgan fingerprint density at radius 1 is 1.47 bits per heavy atom. The van der Waals surface area contributed by atoms with Crippen LogP contribution in [0.4, 0.5) is 0 Å². The van der Waals surface area contributed by atoms with Crippen LogP contribution >= 0.6 is 0 Å². The molecule has 0 aliphatic heterocycles. The molecule has 0 radical (unpaired) electrons. The molecule has 0 saturated heterocycles. The summed E-state index contributed by atoms with van der Waals surface area (Å²) in [6.45, 7) is 3.05. The summed E-state index contributed by atoms with van der Waals surface area (Å²) in [7, 11) is 1.66. The Morgan fingerprint density at radius 2 is 2.24 bits per heavy atom. The Balaban J connectivity index is 2.00. The van der Waals surface area contributed by atoms with Crippen LogP contribution in [-0.4, -0.2) is 13.2 Å². The molecule has 1 aromatic carbocycles. The Kier molecular flexibility index (Phi) is 3.65. The lowest BCUT2D eigenvalue weighted by molar-refractivity contribution is 0.239. The maximum Gasteiger partial charge on any atom is 0.123 e. The van der Waals surface area contributed by atoms with E-state index in [-0.39, 0.29) is 0 Å². The highest BCUT2D eigenvalue weighted by molar-refractivity contribution is 5.42. The highest BCUT2D eigenvalue weighted by Crippen LogP contribution is 2.27. The van der Waals surface area contributed by atoms with Gasteiger partial charge in [-0.2, -0.15) is 5.26 Å². The summed E-state index contributed by atoms with van der Waals surface area (Å²) in [5.41, 5.74) is 1.75. The third-order valence-corrected chi connectivity index (χ3v) is 3.36. The second-order valence-corrected chi connectivity index (χ2v) is 4.79. The van der Waals surface area contributed by atoms with E-state index in [0.29, 0.717) is 11.6 Å². The summed E-state index contributed by atoms with van der Waals surface area (Å²) in [6, 6.07) is 8.33. The molecule has 17 heavy (non-hydrogen) atoms. The number of nitriles is 1. The normalized spacial score (nSPS) is 22.6. The molecule has 1 aliphatic rings. The van der Waals surface area contributed by atoms with E-state index in [4.69, 9.17) is 10.00 Å². The van der Waals surface area contributed by atoms with E-state index in [0.717, 1.165) is 23.8 Å². The first-order chi connectivity index (χ1) is 8.22. The molecule has 3 nitrogen and oxygen atoms in total. The van der Waals surface area contributed by atoms with E-state index >= 15 is 0 Å². The summed E-state index contributed by atoms with van der Waals surface area (Å²) >= 11 is 0. The minimum Gasteiger partial charge on any atom is -0.496 e. The quantitative estimate of drug-likeness (QED) is 0.864. The van der Waals surface area contributed by atoms with Crippen LogP contribution in [0.3, 0.4) is 0 Å². The van der Waals surface area contributed by atoms with Crippen LogP contribution in [0.1, 0.15) is 30.9 Å². The zero-order chi connectivity index (χ0) is 12.3. The maximum absolute atomic E-state index is 8.88. The molecule has 0 bridgehead atoms. The number of hydrogen-bond donors (Lipinski definition) is 1. The maximum atomic E-state index is 8.88. The Hall–Kier alpha value is -1.53. The smallest absolute Gasteiger partial charge is 0.123 e. The Labute approximate surface area is 102 Å². The van der Waals surface area contributed by atoms with E-state index < -0.39 is 0 Å². The second-order valence-electron chi connectivity index (χ2n) is 4.79. The number of ether oxygens (including phenoxy) is 1. The van der Waals surface area contributed by atoms with Gasteiger partial charge in [-0.3, -0.25) is 0 Å².